The Hall–Kier alpha value is -3.47. The Labute approximate surface area is 188 Å². The molecule has 1 N–H and O–H groups in total. The molecule has 0 spiro atoms. The highest BCUT2D eigenvalue weighted by atomic mass is 16.5. The number of rotatable bonds is 9. The highest BCUT2D eigenvalue weighted by Crippen LogP contribution is 2.37. The number of hydrogen-bond donors (Lipinski definition) is 1. The predicted molar refractivity (Wildman–Crippen MR) is 124 cm³/mol. The fourth-order valence-electron chi connectivity index (χ4n) is 4.33. The molecule has 5 nitrogen and oxygen atoms in total. The van der Waals surface area contributed by atoms with E-state index in [9.17, 15) is 9.70 Å². The van der Waals surface area contributed by atoms with Crippen molar-refractivity contribution in [1.82, 2.24) is 0 Å². The lowest BCUT2D eigenvalue weighted by atomic mass is 9.86. The quantitative estimate of drug-likeness (QED) is 0.406. The molecule has 0 saturated heterocycles. The number of nitroso groups, excluding NO2 is 1. The van der Waals surface area contributed by atoms with Crippen LogP contribution < -0.4 is 4.74 Å². The van der Waals surface area contributed by atoms with Crippen molar-refractivity contribution in [2.45, 2.75) is 51.2 Å². The number of carboxylic acid groups (broad SMARTS) is 1. The van der Waals surface area contributed by atoms with Crippen molar-refractivity contribution in [2.24, 2.45) is 5.18 Å². The Kier molecular flexibility index (Phi) is 6.95. The molecule has 0 radical (unpaired) electrons. The van der Waals surface area contributed by atoms with Crippen LogP contribution in [0.4, 0.5) is 0 Å². The number of carbonyl (C=O) groups is 1. The third kappa shape index (κ3) is 5.22. The molecule has 1 aliphatic rings. The van der Waals surface area contributed by atoms with Gasteiger partial charge < -0.3 is 9.84 Å². The molecule has 3 aromatic carbocycles. The van der Waals surface area contributed by atoms with Crippen LogP contribution in [0.5, 0.6) is 5.75 Å². The Morgan fingerprint density at radius 2 is 1.78 bits per heavy atom. The summed E-state index contributed by atoms with van der Waals surface area (Å²) in [5.74, 6) is -0.0375. The zero-order chi connectivity index (χ0) is 22.3. The van der Waals surface area contributed by atoms with E-state index >= 15 is 0 Å². The number of fused-ring (bicyclic) bond motifs is 1. The van der Waals surface area contributed by atoms with Crippen LogP contribution in [0, 0.1) is 4.91 Å². The van der Waals surface area contributed by atoms with E-state index in [0.717, 1.165) is 72.1 Å². The summed E-state index contributed by atoms with van der Waals surface area (Å²) in [5, 5.41) is 12.4. The first-order valence-corrected chi connectivity index (χ1v) is 11.1. The van der Waals surface area contributed by atoms with E-state index in [0.29, 0.717) is 12.2 Å². The Morgan fingerprint density at radius 1 is 1.00 bits per heavy atom. The van der Waals surface area contributed by atoms with E-state index in [4.69, 9.17) is 9.84 Å². The fourth-order valence-corrected chi connectivity index (χ4v) is 4.33. The van der Waals surface area contributed by atoms with E-state index in [2.05, 4.69) is 17.3 Å². The summed E-state index contributed by atoms with van der Waals surface area (Å²) in [7, 11) is 0. The van der Waals surface area contributed by atoms with Crippen LogP contribution in [-0.2, 0) is 25.9 Å². The Bertz CT molecular complexity index is 1080. The number of ether oxygens (including phenoxy) is 1. The zero-order valence-electron chi connectivity index (χ0n) is 18.0. The lowest BCUT2D eigenvalue weighted by Crippen LogP contribution is -2.10. The largest absolute Gasteiger partial charge is 0.489 e. The first-order valence-electron chi connectivity index (χ1n) is 11.1. The first kappa shape index (κ1) is 21.8. The standard InChI is InChI=1S/C27H27NO4/c29-27(30)21-14-12-19(13-15-21)8-4-10-23-16-24-22(9-5-11-25(24)28-31)17-26(23)32-18-20-6-2-1-3-7-20/h1-3,6-7,12-17,25H,4-5,8-11,18H2,(H,29,30). The molecule has 32 heavy (non-hydrogen) atoms. The van der Waals surface area contributed by atoms with Gasteiger partial charge in [0, 0.05) is 0 Å². The van der Waals surface area contributed by atoms with Gasteiger partial charge in [0.2, 0.25) is 0 Å². The Balaban J connectivity index is 1.51. The van der Waals surface area contributed by atoms with Gasteiger partial charge in [-0.3, -0.25) is 0 Å². The van der Waals surface area contributed by atoms with Crippen molar-refractivity contribution in [1.29, 1.82) is 0 Å². The number of aryl methyl sites for hydroxylation is 3. The molecule has 1 unspecified atom stereocenters. The predicted octanol–water partition coefficient (Wildman–Crippen LogP) is 6.28. The second-order valence-corrected chi connectivity index (χ2v) is 8.30. The monoisotopic (exact) mass is 429 g/mol. The van der Waals surface area contributed by atoms with Crippen LogP contribution in [0.25, 0.3) is 0 Å². The normalized spacial score (nSPS) is 15.1. The fraction of sp³-hybridized carbons (Fsp3) is 0.296. The summed E-state index contributed by atoms with van der Waals surface area (Å²) in [5.41, 5.74) is 5.81. The molecular formula is C27H27NO4. The molecule has 0 aromatic heterocycles. The van der Waals surface area contributed by atoms with Gasteiger partial charge in [-0.05, 0) is 90.6 Å². The smallest absolute Gasteiger partial charge is 0.335 e. The van der Waals surface area contributed by atoms with Gasteiger partial charge in [0.15, 0.2) is 0 Å². The maximum Gasteiger partial charge on any atom is 0.335 e. The van der Waals surface area contributed by atoms with E-state index in [-0.39, 0.29) is 6.04 Å². The zero-order valence-corrected chi connectivity index (χ0v) is 18.0. The molecule has 5 heteroatoms. The van der Waals surface area contributed by atoms with Crippen molar-refractivity contribution in [2.75, 3.05) is 0 Å². The molecule has 0 heterocycles. The van der Waals surface area contributed by atoms with Crippen molar-refractivity contribution < 1.29 is 14.6 Å². The van der Waals surface area contributed by atoms with Crippen LogP contribution in [0.15, 0.2) is 71.9 Å². The average Bonchev–Trinajstić information content (AvgIpc) is 2.83. The molecule has 0 amide bonds. The van der Waals surface area contributed by atoms with Crippen LogP contribution in [0.3, 0.4) is 0 Å². The molecule has 4 rings (SSSR count). The van der Waals surface area contributed by atoms with Crippen LogP contribution in [0.1, 0.15) is 63.5 Å². The summed E-state index contributed by atoms with van der Waals surface area (Å²) >= 11 is 0. The number of carboxylic acids is 1. The van der Waals surface area contributed by atoms with Gasteiger partial charge in [-0.15, -0.1) is 0 Å². The van der Waals surface area contributed by atoms with E-state index < -0.39 is 5.97 Å². The highest BCUT2D eigenvalue weighted by molar-refractivity contribution is 5.87. The summed E-state index contributed by atoms with van der Waals surface area (Å²) in [6.45, 7) is 0.499. The molecule has 164 valence electrons. The maximum absolute atomic E-state index is 11.4. The van der Waals surface area contributed by atoms with Crippen LogP contribution in [0.2, 0.25) is 0 Å². The third-order valence-corrected chi connectivity index (χ3v) is 6.08. The second-order valence-electron chi connectivity index (χ2n) is 8.30. The van der Waals surface area contributed by atoms with E-state index in [1.807, 2.05) is 42.5 Å². The summed E-state index contributed by atoms with van der Waals surface area (Å²) in [6.07, 6.45) is 5.25. The van der Waals surface area contributed by atoms with Crippen LogP contribution >= 0.6 is 0 Å². The van der Waals surface area contributed by atoms with Crippen molar-refractivity contribution in [3.8, 4) is 5.75 Å². The maximum atomic E-state index is 11.4. The molecular weight excluding hydrogens is 402 g/mol. The number of aromatic carboxylic acids is 1. The van der Waals surface area contributed by atoms with Gasteiger partial charge in [-0.25, -0.2) is 4.79 Å². The van der Waals surface area contributed by atoms with Gasteiger partial charge in [0.25, 0.3) is 0 Å². The lowest BCUT2D eigenvalue weighted by molar-refractivity contribution is 0.0697. The minimum Gasteiger partial charge on any atom is -0.489 e. The molecule has 1 atom stereocenters. The van der Waals surface area contributed by atoms with Crippen molar-refractivity contribution in [3.63, 3.8) is 0 Å². The minimum absolute atomic E-state index is 0.274. The SMILES string of the molecule is O=NC1CCCc2cc(OCc3ccccc3)c(CCCc3ccc(C(=O)O)cc3)cc21. The van der Waals surface area contributed by atoms with Crippen LogP contribution in [-0.4, -0.2) is 11.1 Å². The highest BCUT2D eigenvalue weighted by Gasteiger charge is 2.23. The summed E-state index contributed by atoms with van der Waals surface area (Å²) < 4.78 is 6.23. The van der Waals surface area contributed by atoms with Crippen molar-refractivity contribution >= 4 is 5.97 Å². The summed E-state index contributed by atoms with van der Waals surface area (Å²) in [4.78, 5) is 22.4. The van der Waals surface area contributed by atoms with E-state index in [1.165, 1.54) is 0 Å². The van der Waals surface area contributed by atoms with Gasteiger partial charge in [-0.2, -0.15) is 4.91 Å². The number of nitrogens with zero attached hydrogens (tertiary/aromatic N) is 1. The molecule has 0 aliphatic heterocycles. The van der Waals surface area contributed by atoms with E-state index in [1.54, 1.807) is 12.1 Å². The third-order valence-electron chi connectivity index (χ3n) is 6.08. The summed E-state index contributed by atoms with van der Waals surface area (Å²) in [6, 6.07) is 21.1. The minimum atomic E-state index is -0.913. The first-order chi connectivity index (χ1) is 15.6. The average molecular weight is 430 g/mol. The molecule has 0 bridgehead atoms. The van der Waals surface area contributed by atoms with Gasteiger partial charge >= 0.3 is 5.97 Å². The topological polar surface area (TPSA) is 76.0 Å². The molecule has 3 aromatic rings. The molecule has 0 fully saturated rings. The van der Waals surface area contributed by atoms with Gasteiger partial charge in [0.05, 0.1) is 5.56 Å². The van der Waals surface area contributed by atoms with Gasteiger partial charge in [-0.1, -0.05) is 47.6 Å². The number of hydrogen-bond acceptors (Lipinski definition) is 4. The molecule has 1 aliphatic carbocycles. The number of benzene rings is 3. The molecule has 0 saturated carbocycles. The Morgan fingerprint density at radius 3 is 2.50 bits per heavy atom. The lowest BCUT2D eigenvalue weighted by Gasteiger charge is -2.23. The van der Waals surface area contributed by atoms with Crippen molar-refractivity contribution in [3.05, 3.63) is 105 Å². The second kappa shape index (κ2) is 10.2. The van der Waals surface area contributed by atoms with Gasteiger partial charge in [0.1, 0.15) is 18.4 Å².